The van der Waals surface area contributed by atoms with Crippen LogP contribution in [0.25, 0.3) is 0 Å². The minimum atomic E-state index is -1.14. The van der Waals surface area contributed by atoms with Crippen LogP contribution in [0.5, 0.6) is 0 Å². The van der Waals surface area contributed by atoms with Gasteiger partial charge in [-0.05, 0) is 12.8 Å². The molecule has 1 aliphatic rings. The minimum absolute atomic E-state index is 0.0373. The summed E-state index contributed by atoms with van der Waals surface area (Å²) in [6, 6.07) is -0.0373. The highest BCUT2D eigenvalue weighted by Crippen LogP contribution is 2.23. The summed E-state index contributed by atoms with van der Waals surface area (Å²) in [6.07, 6.45) is 5.67. The molecule has 1 aliphatic carbocycles. The normalized spacial score (nSPS) is 25.6. The van der Waals surface area contributed by atoms with E-state index in [1.807, 2.05) is 0 Å². The summed E-state index contributed by atoms with van der Waals surface area (Å²) >= 11 is 0. The molecular formula is C11H17NO4. The Kier molecular flexibility index (Phi) is 4.98. The molecule has 1 amide bonds. The first-order chi connectivity index (χ1) is 7.63. The fraction of sp³-hybridized carbons (Fsp3) is 0.636. The number of aliphatic hydroxyl groups is 1. The third kappa shape index (κ3) is 4.02. The highest BCUT2D eigenvalue weighted by molar-refractivity contribution is 5.94. The van der Waals surface area contributed by atoms with Crippen molar-refractivity contribution in [3.8, 4) is 0 Å². The molecule has 0 aromatic carbocycles. The van der Waals surface area contributed by atoms with Gasteiger partial charge in [-0.2, -0.15) is 0 Å². The number of aliphatic carboxylic acids is 1. The minimum Gasteiger partial charge on any atom is -0.478 e. The lowest BCUT2D eigenvalue weighted by atomic mass is 9.85. The summed E-state index contributed by atoms with van der Waals surface area (Å²) < 4.78 is 0. The second kappa shape index (κ2) is 6.27. The van der Waals surface area contributed by atoms with Crippen LogP contribution >= 0.6 is 0 Å². The average molecular weight is 227 g/mol. The summed E-state index contributed by atoms with van der Waals surface area (Å²) in [7, 11) is 0. The molecule has 16 heavy (non-hydrogen) atoms. The van der Waals surface area contributed by atoms with Crippen LogP contribution < -0.4 is 5.32 Å². The molecule has 0 aromatic rings. The van der Waals surface area contributed by atoms with E-state index in [4.69, 9.17) is 10.2 Å². The smallest absolute Gasteiger partial charge is 0.328 e. The first-order valence-electron chi connectivity index (χ1n) is 5.46. The fourth-order valence-electron chi connectivity index (χ4n) is 1.99. The molecular weight excluding hydrogens is 210 g/mol. The molecule has 0 saturated heterocycles. The molecule has 5 nitrogen and oxygen atoms in total. The number of carbonyl (C=O) groups is 2. The Hall–Kier alpha value is -1.36. The molecule has 90 valence electrons. The molecule has 0 radical (unpaired) electrons. The molecule has 0 heterocycles. The van der Waals surface area contributed by atoms with Gasteiger partial charge < -0.3 is 15.5 Å². The zero-order valence-corrected chi connectivity index (χ0v) is 9.06. The van der Waals surface area contributed by atoms with E-state index >= 15 is 0 Å². The number of rotatable bonds is 4. The van der Waals surface area contributed by atoms with Gasteiger partial charge in [0.2, 0.25) is 5.91 Å². The van der Waals surface area contributed by atoms with Crippen molar-refractivity contribution in [2.75, 3.05) is 6.61 Å². The van der Waals surface area contributed by atoms with Crippen molar-refractivity contribution in [1.82, 2.24) is 5.32 Å². The van der Waals surface area contributed by atoms with Gasteiger partial charge >= 0.3 is 5.97 Å². The van der Waals surface area contributed by atoms with E-state index in [0.717, 1.165) is 37.8 Å². The van der Waals surface area contributed by atoms with E-state index in [2.05, 4.69) is 5.32 Å². The molecule has 3 N–H and O–H groups in total. The van der Waals surface area contributed by atoms with Gasteiger partial charge in [-0.15, -0.1) is 0 Å². The van der Waals surface area contributed by atoms with Gasteiger partial charge in [-0.3, -0.25) is 4.79 Å². The Morgan fingerprint density at radius 1 is 1.25 bits per heavy atom. The third-order valence-corrected chi connectivity index (χ3v) is 2.85. The lowest BCUT2D eigenvalue weighted by molar-refractivity contribution is -0.131. The molecule has 0 spiro atoms. The van der Waals surface area contributed by atoms with Crippen molar-refractivity contribution in [1.29, 1.82) is 0 Å². The highest BCUT2D eigenvalue weighted by atomic mass is 16.4. The fourth-order valence-corrected chi connectivity index (χ4v) is 1.99. The number of amides is 1. The van der Waals surface area contributed by atoms with Crippen LogP contribution in [0.4, 0.5) is 0 Å². The summed E-state index contributed by atoms with van der Waals surface area (Å²) in [5.74, 6) is -1.46. The third-order valence-electron chi connectivity index (χ3n) is 2.85. The van der Waals surface area contributed by atoms with Gasteiger partial charge in [0.1, 0.15) is 0 Å². The molecule has 1 rings (SSSR count). The standard InChI is InChI=1S/C11H17NO4/c13-7-8-3-1-2-4-9(8)12-10(14)5-6-11(15)16/h5-6,8-9,13H,1-4,7H2,(H,12,14)(H,15,16)/b6-5+. The second-order valence-electron chi connectivity index (χ2n) is 4.01. The van der Waals surface area contributed by atoms with Crippen LogP contribution in [0.15, 0.2) is 12.2 Å². The van der Waals surface area contributed by atoms with Gasteiger partial charge in [0.25, 0.3) is 0 Å². The predicted octanol–water partition coefficient (Wildman–Crippen LogP) is 0.294. The Morgan fingerprint density at radius 3 is 2.56 bits per heavy atom. The van der Waals surface area contributed by atoms with Crippen molar-refractivity contribution in [3.05, 3.63) is 12.2 Å². The summed E-state index contributed by atoms with van der Waals surface area (Å²) in [6.45, 7) is 0.0631. The number of carboxylic acids is 1. The van der Waals surface area contributed by atoms with Gasteiger partial charge in [-0.25, -0.2) is 4.79 Å². The second-order valence-corrected chi connectivity index (χ2v) is 4.01. The zero-order valence-electron chi connectivity index (χ0n) is 9.06. The van der Waals surface area contributed by atoms with Crippen molar-refractivity contribution in [2.45, 2.75) is 31.7 Å². The molecule has 0 aromatic heterocycles. The van der Waals surface area contributed by atoms with Gasteiger partial charge in [0.15, 0.2) is 0 Å². The lowest BCUT2D eigenvalue weighted by Crippen LogP contribution is -2.42. The van der Waals surface area contributed by atoms with E-state index in [-0.39, 0.29) is 18.6 Å². The first kappa shape index (κ1) is 12.7. The highest BCUT2D eigenvalue weighted by Gasteiger charge is 2.25. The van der Waals surface area contributed by atoms with Crippen molar-refractivity contribution in [3.63, 3.8) is 0 Å². The van der Waals surface area contributed by atoms with Crippen LogP contribution in [-0.2, 0) is 9.59 Å². The number of aliphatic hydroxyl groups excluding tert-OH is 1. The summed E-state index contributed by atoms with van der Waals surface area (Å²) in [5, 5.41) is 20.2. The molecule has 2 atom stereocenters. The SMILES string of the molecule is O=C(O)/C=C/C(=O)NC1CCCCC1CO. The van der Waals surface area contributed by atoms with Gasteiger partial charge in [-0.1, -0.05) is 12.8 Å². The Morgan fingerprint density at radius 2 is 1.94 bits per heavy atom. The molecule has 0 aliphatic heterocycles. The Balaban J connectivity index is 2.45. The average Bonchev–Trinajstić information content (AvgIpc) is 2.27. The predicted molar refractivity (Wildman–Crippen MR) is 57.8 cm³/mol. The topological polar surface area (TPSA) is 86.6 Å². The van der Waals surface area contributed by atoms with Crippen molar-refractivity contribution < 1.29 is 19.8 Å². The van der Waals surface area contributed by atoms with E-state index in [1.165, 1.54) is 0 Å². The number of carboxylic acid groups (broad SMARTS) is 1. The number of hydrogen-bond acceptors (Lipinski definition) is 3. The zero-order chi connectivity index (χ0) is 12.0. The van der Waals surface area contributed by atoms with Crippen molar-refractivity contribution >= 4 is 11.9 Å². The van der Waals surface area contributed by atoms with Crippen molar-refractivity contribution in [2.24, 2.45) is 5.92 Å². The summed E-state index contributed by atoms with van der Waals surface area (Å²) in [4.78, 5) is 21.5. The molecule has 0 bridgehead atoms. The maximum atomic E-state index is 11.3. The van der Waals surface area contributed by atoms with E-state index in [0.29, 0.717) is 0 Å². The van der Waals surface area contributed by atoms with E-state index in [9.17, 15) is 9.59 Å². The molecule has 1 fully saturated rings. The van der Waals surface area contributed by atoms with E-state index < -0.39 is 11.9 Å². The maximum Gasteiger partial charge on any atom is 0.328 e. The number of hydrogen-bond donors (Lipinski definition) is 3. The number of nitrogens with one attached hydrogen (secondary N) is 1. The Labute approximate surface area is 94.2 Å². The van der Waals surface area contributed by atoms with E-state index in [1.54, 1.807) is 0 Å². The first-order valence-corrected chi connectivity index (χ1v) is 5.46. The van der Waals surface area contributed by atoms with Crippen LogP contribution in [0.2, 0.25) is 0 Å². The van der Waals surface area contributed by atoms with Crippen LogP contribution in [-0.4, -0.2) is 34.7 Å². The van der Waals surface area contributed by atoms with Crippen LogP contribution in [0.1, 0.15) is 25.7 Å². The molecule has 5 heteroatoms. The van der Waals surface area contributed by atoms with Crippen LogP contribution in [0.3, 0.4) is 0 Å². The number of carbonyl (C=O) groups excluding carboxylic acids is 1. The monoisotopic (exact) mass is 227 g/mol. The Bertz CT molecular complexity index is 288. The molecule has 1 saturated carbocycles. The maximum absolute atomic E-state index is 11.3. The quantitative estimate of drug-likeness (QED) is 0.603. The summed E-state index contributed by atoms with van der Waals surface area (Å²) in [5.41, 5.74) is 0. The van der Waals surface area contributed by atoms with Crippen LogP contribution in [0, 0.1) is 5.92 Å². The lowest BCUT2D eigenvalue weighted by Gasteiger charge is -2.30. The molecule has 2 unspecified atom stereocenters. The van der Waals surface area contributed by atoms with Gasteiger partial charge in [0.05, 0.1) is 0 Å². The van der Waals surface area contributed by atoms with Gasteiger partial charge in [0, 0.05) is 30.7 Å². The largest absolute Gasteiger partial charge is 0.478 e.